The molecular weight excluding hydrogens is 334 g/mol. The number of carbonyl (C=O) groups excluding carboxylic acids is 1. The Balaban J connectivity index is 1.76. The lowest BCUT2D eigenvalue weighted by Crippen LogP contribution is -2.14. The molecule has 21 heavy (non-hydrogen) atoms. The summed E-state index contributed by atoms with van der Waals surface area (Å²) in [7, 11) is 0. The van der Waals surface area contributed by atoms with E-state index in [4.69, 9.17) is 14.7 Å². The van der Waals surface area contributed by atoms with Gasteiger partial charge in [-0.15, -0.1) is 0 Å². The largest absolute Gasteiger partial charge is 0.482 e. The van der Waals surface area contributed by atoms with Crippen LogP contribution in [0.25, 0.3) is 0 Å². The van der Waals surface area contributed by atoms with Crippen LogP contribution < -0.4 is 4.74 Å². The molecule has 0 aromatic heterocycles. The second kappa shape index (κ2) is 7.46. The number of benzene rings is 2. The summed E-state index contributed by atoms with van der Waals surface area (Å²) in [4.78, 5) is 11.6. The molecule has 0 saturated carbocycles. The fraction of sp³-hybridized carbons (Fsp3) is 0.125. The Labute approximate surface area is 131 Å². The molecule has 0 amide bonds. The predicted octanol–water partition coefficient (Wildman–Crippen LogP) is 3.44. The molecule has 2 aromatic rings. The number of ether oxygens (including phenoxy) is 2. The normalized spacial score (nSPS) is 9.71. The van der Waals surface area contributed by atoms with Crippen molar-refractivity contribution in [1.29, 1.82) is 5.26 Å². The summed E-state index contributed by atoms with van der Waals surface area (Å²) in [5.41, 5.74) is 1.40. The molecule has 0 aliphatic carbocycles. The standard InChI is InChI=1S/C16H12BrNO3/c17-14-5-7-15(8-6-14)20-11-16(19)21-10-13-3-1-12(9-18)2-4-13/h1-8H,10-11H2. The number of rotatable bonds is 5. The third kappa shape index (κ3) is 4.93. The average Bonchev–Trinajstić information content (AvgIpc) is 2.53. The van der Waals surface area contributed by atoms with E-state index < -0.39 is 5.97 Å². The van der Waals surface area contributed by atoms with Gasteiger partial charge in [0.15, 0.2) is 6.61 Å². The summed E-state index contributed by atoms with van der Waals surface area (Å²) in [6.45, 7) is 0.0200. The van der Waals surface area contributed by atoms with E-state index in [1.165, 1.54) is 0 Å². The van der Waals surface area contributed by atoms with Gasteiger partial charge >= 0.3 is 5.97 Å². The third-order valence-corrected chi connectivity index (χ3v) is 3.18. The summed E-state index contributed by atoms with van der Waals surface area (Å²) in [5, 5.41) is 8.69. The van der Waals surface area contributed by atoms with Crippen molar-refractivity contribution in [3.63, 3.8) is 0 Å². The van der Waals surface area contributed by atoms with Crippen molar-refractivity contribution in [1.82, 2.24) is 0 Å². The second-order valence-corrected chi connectivity index (χ2v) is 5.13. The minimum absolute atomic E-state index is 0.141. The van der Waals surface area contributed by atoms with Crippen LogP contribution in [0.2, 0.25) is 0 Å². The van der Waals surface area contributed by atoms with Crippen molar-refractivity contribution in [3.8, 4) is 11.8 Å². The summed E-state index contributed by atoms with van der Waals surface area (Å²) < 4.78 is 11.3. The van der Waals surface area contributed by atoms with E-state index >= 15 is 0 Å². The Bertz CT molecular complexity index is 645. The van der Waals surface area contributed by atoms with Gasteiger partial charge in [0.1, 0.15) is 12.4 Å². The molecule has 0 heterocycles. The number of hydrogen-bond donors (Lipinski definition) is 0. The highest BCUT2D eigenvalue weighted by atomic mass is 79.9. The van der Waals surface area contributed by atoms with E-state index in [1.807, 2.05) is 18.2 Å². The third-order valence-electron chi connectivity index (χ3n) is 2.65. The van der Waals surface area contributed by atoms with Crippen molar-refractivity contribution in [2.24, 2.45) is 0 Å². The number of halogens is 1. The lowest BCUT2D eigenvalue weighted by molar-refractivity contribution is -0.147. The van der Waals surface area contributed by atoms with E-state index in [0.717, 1.165) is 10.0 Å². The molecule has 0 unspecified atom stereocenters. The van der Waals surface area contributed by atoms with Gasteiger partial charge < -0.3 is 9.47 Å². The van der Waals surface area contributed by atoms with E-state index in [-0.39, 0.29) is 13.2 Å². The molecule has 106 valence electrons. The number of esters is 1. The van der Waals surface area contributed by atoms with E-state index in [0.29, 0.717) is 11.3 Å². The van der Waals surface area contributed by atoms with Gasteiger partial charge in [-0.05, 0) is 42.0 Å². The zero-order chi connectivity index (χ0) is 15.1. The summed E-state index contributed by atoms with van der Waals surface area (Å²) in [5.74, 6) is 0.163. The first-order valence-corrected chi connectivity index (χ1v) is 7.00. The van der Waals surface area contributed by atoms with Crippen LogP contribution in [-0.2, 0) is 16.1 Å². The highest BCUT2D eigenvalue weighted by Crippen LogP contribution is 2.16. The lowest BCUT2D eigenvalue weighted by atomic mass is 10.2. The van der Waals surface area contributed by atoms with Crippen LogP contribution in [0, 0.1) is 11.3 Å². The summed E-state index contributed by atoms with van der Waals surface area (Å²) in [6.07, 6.45) is 0. The summed E-state index contributed by atoms with van der Waals surface area (Å²) in [6, 6.07) is 16.1. The first kappa shape index (κ1) is 15.1. The first-order chi connectivity index (χ1) is 10.2. The van der Waals surface area contributed by atoms with Crippen LogP contribution in [0.1, 0.15) is 11.1 Å². The van der Waals surface area contributed by atoms with Gasteiger partial charge in [0.2, 0.25) is 0 Å². The van der Waals surface area contributed by atoms with Crippen molar-refractivity contribution in [2.45, 2.75) is 6.61 Å². The molecule has 0 spiro atoms. The maximum Gasteiger partial charge on any atom is 0.344 e. The quantitative estimate of drug-likeness (QED) is 0.778. The smallest absolute Gasteiger partial charge is 0.344 e. The zero-order valence-corrected chi connectivity index (χ0v) is 12.7. The molecule has 0 bridgehead atoms. The molecule has 0 aliphatic rings. The van der Waals surface area contributed by atoms with Crippen molar-refractivity contribution in [2.75, 3.05) is 6.61 Å². The Morgan fingerprint density at radius 3 is 2.38 bits per heavy atom. The molecule has 0 saturated heterocycles. The minimum Gasteiger partial charge on any atom is -0.482 e. The Morgan fingerprint density at radius 2 is 1.76 bits per heavy atom. The average molecular weight is 346 g/mol. The number of nitrogens with zero attached hydrogens (tertiary/aromatic N) is 1. The van der Waals surface area contributed by atoms with E-state index in [1.54, 1.807) is 36.4 Å². The Morgan fingerprint density at radius 1 is 1.10 bits per heavy atom. The van der Waals surface area contributed by atoms with E-state index in [2.05, 4.69) is 15.9 Å². The molecule has 0 aliphatic heterocycles. The monoisotopic (exact) mass is 345 g/mol. The predicted molar refractivity (Wildman–Crippen MR) is 80.6 cm³/mol. The van der Waals surface area contributed by atoms with Gasteiger partial charge in [0.05, 0.1) is 11.6 Å². The fourth-order valence-corrected chi connectivity index (χ4v) is 1.82. The highest BCUT2D eigenvalue weighted by molar-refractivity contribution is 9.10. The highest BCUT2D eigenvalue weighted by Gasteiger charge is 2.05. The van der Waals surface area contributed by atoms with Crippen LogP contribution in [0.3, 0.4) is 0 Å². The van der Waals surface area contributed by atoms with Gasteiger partial charge in [-0.1, -0.05) is 28.1 Å². The maximum absolute atomic E-state index is 11.6. The van der Waals surface area contributed by atoms with Crippen molar-refractivity contribution in [3.05, 3.63) is 64.1 Å². The topological polar surface area (TPSA) is 59.3 Å². The fourth-order valence-electron chi connectivity index (χ4n) is 1.55. The molecule has 5 heteroatoms. The molecule has 0 atom stereocenters. The van der Waals surface area contributed by atoms with Crippen LogP contribution in [0.5, 0.6) is 5.75 Å². The number of carbonyl (C=O) groups is 1. The zero-order valence-electron chi connectivity index (χ0n) is 11.1. The van der Waals surface area contributed by atoms with Gasteiger partial charge in [-0.3, -0.25) is 0 Å². The van der Waals surface area contributed by atoms with Crippen LogP contribution in [0.4, 0.5) is 0 Å². The van der Waals surface area contributed by atoms with Crippen LogP contribution in [-0.4, -0.2) is 12.6 Å². The van der Waals surface area contributed by atoms with Crippen LogP contribution in [0.15, 0.2) is 53.0 Å². The lowest BCUT2D eigenvalue weighted by Gasteiger charge is -2.07. The van der Waals surface area contributed by atoms with Gasteiger partial charge in [-0.25, -0.2) is 4.79 Å². The molecule has 0 radical (unpaired) electrons. The number of nitriles is 1. The molecule has 0 fully saturated rings. The molecule has 2 rings (SSSR count). The van der Waals surface area contributed by atoms with E-state index in [9.17, 15) is 4.79 Å². The van der Waals surface area contributed by atoms with Crippen molar-refractivity contribution >= 4 is 21.9 Å². The molecule has 0 N–H and O–H groups in total. The van der Waals surface area contributed by atoms with Gasteiger partial charge in [0.25, 0.3) is 0 Å². The molecule has 4 nitrogen and oxygen atoms in total. The second-order valence-electron chi connectivity index (χ2n) is 4.21. The van der Waals surface area contributed by atoms with Crippen molar-refractivity contribution < 1.29 is 14.3 Å². The summed E-state index contributed by atoms with van der Waals surface area (Å²) >= 11 is 3.32. The SMILES string of the molecule is N#Cc1ccc(COC(=O)COc2ccc(Br)cc2)cc1. The minimum atomic E-state index is -0.442. The molecular formula is C16H12BrNO3. The molecule has 2 aromatic carbocycles. The first-order valence-electron chi connectivity index (χ1n) is 6.20. The van der Waals surface area contributed by atoms with Gasteiger partial charge in [0, 0.05) is 4.47 Å². The Hall–Kier alpha value is -2.32. The maximum atomic E-state index is 11.6. The van der Waals surface area contributed by atoms with Gasteiger partial charge in [-0.2, -0.15) is 5.26 Å². The number of hydrogen-bond acceptors (Lipinski definition) is 4. The van der Waals surface area contributed by atoms with Crippen LogP contribution >= 0.6 is 15.9 Å². The Kier molecular flexibility index (Phi) is 5.35.